The first-order valence-corrected chi connectivity index (χ1v) is 6.03. The average molecular weight is 327 g/mol. The van der Waals surface area contributed by atoms with E-state index in [1.807, 2.05) is 0 Å². The highest BCUT2D eigenvalue weighted by Crippen LogP contribution is 2.27. The molecular weight excluding hydrogens is 318 g/mol. The van der Waals surface area contributed by atoms with Gasteiger partial charge in [-0.25, -0.2) is 8.78 Å². The van der Waals surface area contributed by atoms with Gasteiger partial charge in [0.1, 0.15) is 17.3 Å². The lowest BCUT2D eigenvalue weighted by atomic mass is 10.2. The van der Waals surface area contributed by atoms with Gasteiger partial charge in [0, 0.05) is 16.1 Å². The largest absolute Gasteiger partial charge is 0.457 e. The molecule has 2 rings (SSSR count). The van der Waals surface area contributed by atoms with E-state index in [1.54, 1.807) is 18.2 Å². The second-order valence-corrected chi connectivity index (χ2v) is 4.59. The maximum Gasteiger partial charge on any atom is 0.162 e. The Morgan fingerprint density at radius 3 is 2.26 bits per heavy atom. The fourth-order valence-electron chi connectivity index (χ4n) is 1.45. The molecule has 0 bridgehead atoms. The fourth-order valence-corrected chi connectivity index (χ4v) is 2.03. The Hall–Kier alpha value is -1.95. The number of halogens is 3. The molecule has 0 aromatic heterocycles. The van der Waals surface area contributed by atoms with E-state index >= 15 is 0 Å². The standard InChI is InChI=1S/C13H9BrF2N2O/c14-10-5-7(1-3-9(10)13(17)18)19-8-2-4-11(15)12(16)6-8/h1-6H,(H3,17,18). The highest BCUT2D eigenvalue weighted by Gasteiger charge is 2.07. The molecule has 6 heteroatoms. The van der Waals surface area contributed by atoms with Gasteiger partial charge in [-0.3, -0.25) is 5.41 Å². The Kier molecular flexibility index (Phi) is 3.80. The van der Waals surface area contributed by atoms with E-state index in [0.717, 1.165) is 12.1 Å². The van der Waals surface area contributed by atoms with Crippen LogP contribution in [0.15, 0.2) is 40.9 Å². The van der Waals surface area contributed by atoms with E-state index in [4.69, 9.17) is 15.9 Å². The summed E-state index contributed by atoms with van der Waals surface area (Å²) in [7, 11) is 0. The van der Waals surface area contributed by atoms with E-state index < -0.39 is 11.6 Å². The van der Waals surface area contributed by atoms with Crippen molar-refractivity contribution in [2.75, 3.05) is 0 Å². The smallest absolute Gasteiger partial charge is 0.162 e. The van der Waals surface area contributed by atoms with Crippen molar-refractivity contribution < 1.29 is 13.5 Å². The van der Waals surface area contributed by atoms with Crippen LogP contribution in [0.5, 0.6) is 11.5 Å². The molecule has 0 spiro atoms. The van der Waals surface area contributed by atoms with Gasteiger partial charge < -0.3 is 10.5 Å². The molecule has 0 saturated heterocycles. The zero-order valence-corrected chi connectivity index (χ0v) is 11.2. The number of hydrogen-bond acceptors (Lipinski definition) is 2. The van der Waals surface area contributed by atoms with E-state index in [9.17, 15) is 8.78 Å². The predicted octanol–water partition coefficient (Wildman–Crippen LogP) is 3.80. The van der Waals surface area contributed by atoms with Crippen LogP contribution < -0.4 is 10.5 Å². The third-order valence-corrected chi connectivity index (χ3v) is 3.01. The number of rotatable bonds is 3. The molecular formula is C13H9BrF2N2O. The number of benzene rings is 2. The number of nitrogen functional groups attached to an aromatic ring is 1. The number of ether oxygens (including phenoxy) is 1. The lowest BCUT2D eigenvalue weighted by Gasteiger charge is -2.08. The molecule has 3 N–H and O–H groups in total. The SMILES string of the molecule is N=C(N)c1ccc(Oc2ccc(F)c(F)c2)cc1Br. The summed E-state index contributed by atoms with van der Waals surface area (Å²) >= 11 is 3.25. The van der Waals surface area contributed by atoms with Crippen molar-refractivity contribution >= 4 is 21.8 Å². The van der Waals surface area contributed by atoms with Gasteiger partial charge in [0.2, 0.25) is 0 Å². The van der Waals surface area contributed by atoms with Gasteiger partial charge in [0.25, 0.3) is 0 Å². The van der Waals surface area contributed by atoms with Gasteiger partial charge in [0.15, 0.2) is 11.6 Å². The van der Waals surface area contributed by atoms with Crippen LogP contribution in [0.25, 0.3) is 0 Å². The van der Waals surface area contributed by atoms with Crippen LogP contribution in [0.2, 0.25) is 0 Å². The maximum atomic E-state index is 13.0. The lowest BCUT2D eigenvalue weighted by Crippen LogP contribution is -2.11. The van der Waals surface area contributed by atoms with Crippen LogP contribution in [-0.4, -0.2) is 5.84 Å². The van der Waals surface area contributed by atoms with Gasteiger partial charge in [-0.2, -0.15) is 0 Å². The topological polar surface area (TPSA) is 59.1 Å². The molecule has 3 nitrogen and oxygen atoms in total. The summed E-state index contributed by atoms with van der Waals surface area (Å²) in [4.78, 5) is 0. The van der Waals surface area contributed by atoms with Crippen LogP contribution in [0.1, 0.15) is 5.56 Å². The molecule has 0 unspecified atom stereocenters. The highest BCUT2D eigenvalue weighted by atomic mass is 79.9. The van der Waals surface area contributed by atoms with E-state index in [0.29, 0.717) is 15.8 Å². The van der Waals surface area contributed by atoms with Crippen molar-refractivity contribution in [1.82, 2.24) is 0 Å². The van der Waals surface area contributed by atoms with Crippen LogP contribution in [-0.2, 0) is 0 Å². The summed E-state index contributed by atoms with van der Waals surface area (Å²) in [6.45, 7) is 0. The van der Waals surface area contributed by atoms with Gasteiger partial charge >= 0.3 is 0 Å². The second-order valence-electron chi connectivity index (χ2n) is 3.73. The Bertz CT molecular complexity index is 647. The van der Waals surface area contributed by atoms with E-state index in [-0.39, 0.29) is 11.6 Å². The Balaban J connectivity index is 2.26. The molecule has 19 heavy (non-hydrogen) atoms. The van der Waals surface area contributed by atoms with Gasteiger partial charge in [0.05, 0.1) is 0 Å². The highest BCUT2D eigenvalue weighted by molar-refractivity contribution is 9.10. The first-order valence-electron chi connectivity index (χ1n) is 5.24. The van der Waals surface area contributed by atoms with E-state index in [2.05, 4.69) is 15.9 Å². The van der Waals surface area contributed by atoms with Crippen LogP contribution in [0, 0.1) is 17.0 Å². The molecule has 98 valence electrons. The molecule has 2 aromatic rings. The third-order valence-electron chi connectivity index (χ3n) is 2.36. The van der Waals surface area contributed by atoms with Crippen molar-refractivity contribution in [3.63, 3.8) is 0 Å². The molecule has 0 radical (unpaired) electrons. The summed E-state index contributed by atoms with van der Waals surface area (Å²) in [6.07, 6.45) is 0. The zero-order chi connectivity index (χ0) is 14.0. The number of hydrogen-bond donors (Lipinski definition) is 2. The number of nitrogens with two attached hydrogens (primary N) is 1. The Morgan fingerprint density at radius 2 is 1.68 bits per heavy atom. The van der Waals surface area contributed by atoms with Crippen molar-refractivity contribution in [3.05, 3.63) is 58.1 Å². The minimum atomic E-state index is -0.975. The lowest BCUT2D eigenvalue weighted by molar-refractivity contribution is 0.461. The minimum Gasteiger partial charge on any atom is -0.457 e. The summed E-state index contributed by atoms with van der Waals surface area (Å²) in [5, 5.41) is 7.34. The van der Waals surface area contributed by atoms with Crippen molar-refractivity contribution in [2.45, 2.75) is 0 Å². The molecule has 2 aromatic carbocycles. The fraction of sp³-hybridized carbons (Fsp3) is 0. The average Bonchev–Trinajstić information content (AvgIpc) is 2.33. The summed E-state index contributed by atoms with van der Waals surface area (Å²) in [5.41, 5.74) is 5.90. The molecule has 0 aliphatic heterocycles. The number of nitrogens with one attached hydrogen (secondary N) is 1. The molecule has 0 amide bonds. The molecule has 0 atom stereocenters. The first-order chi connectivity index (χ1) is 8.97. The molecule has 0 aliphatic rings. The zero-order valence-electron chi connectivity index (χ0n) is 9.58. The second kappa shape index (κ2) is 5.36. The normalized spacial score (nSPS) is 10.3. The summed E-state index contributed by atoms with van der Waals surface area (Å²) in [6, 6.07) is 8.05. The van der Waals surface area contributed by atoms with Crippen molar-refractivity contribution in [2.24, 2.45) is 5.73 Å². The predicted molar refractivity (Wildman–Crippen MR) is 71.6 cm³/mol. The quantitative estimate of drug-likeness (QED) is 0.665. The van der Waals surface area contributed by atoms with Gasteiger partial charge in [-0.15, -0.1) is 0 Å². The molecule has 0 heterocycles. The first kappa shape index (κ1) is 13.5. The molecule has 0 aliphatic carbocycles. The van der Waals surface area contributed by atoms with Crippen LogP contribution >= 0.6 is 15.9 Å². The van der Waals surface area contributed by atoms with Crippen LogP contribution in [0.4, 0.5) is 8.78 Å². The molecule has 0 fully saturated rings. The van der Waals surface area contributed by atoms with Crippen molar-refractivity contribution in [3.8, 4) is 11.5 Å². The van der Waals surface area contributed by atoms with Crippen LogP contribution in [0.3, 0.4) is 0 Å². The van der Waals surface area contributed by atoms with Gasteiger partial charge in [-0.05, 0) is 46.3 Å². The Labute approximate surface area is 116 Å². The summed E-state index contributed by atoms with van der Waals surface area (Å²) in [5.74, 6) is -1.38. The van der Waals surface area contributed by atoms with E-state index in [1.165, 1.54) is 6.07 Å². The third kappa shape index (κ3) is 3.08. The molecule has 0 saturated carbocycles. The van der Waals surface area contributed by atoms with Crippen molar-refractivity contribution in [1.29, 1.82) is 5.41 Å². The van der Waals surface area contributed by atoms with Gasteiger partial charge in [-0.1, -0.05) is 0 Å². The Morgan fingerprint density at radius 1 is 1.05 bits per heavy atom. The number of amidine groups is 1. The summed E-state index contributed by atoms with van der Waals surface area (Å²) < 4.78 is 31.8. The monoisotopic (exact) mass is 326 g/mol. The maximum absolute atomic E-state index is 13.0. The minimum absolute atomic E-state index is 0.0775.